The van der Waals surface area contributed by atoms with Gasteiger partial charge in [0.1, 0.15) is 70.9 Å². The van der Waals surface area contributed by atoms with Crippen LogP contribution in [-0.2, 0) is 16.0 Å². The Bertz CT molecular complexity index is 4040. The molecule has 22 nitrogen and oxygen atoms in total. The number of fused-ring (bicyclic) bond motifs is 14. The quantitative estimate of drug-likeness (QED) is 0.0584. The van der Waals surface area contributed by atoms with E-state index in [1.165, 1.54) is 44.8 Å². The number of nitrogens with two attached hydrogens (primary N) is 3. The maximum atomic E-state index is 15.2. The third-order valence-corrected chi connectivity index (χ3v) is 21.0. The number of piperidine rings is 1. The van der Waals surface area contributed by atoms with E-state index in [1.54, 1.807) is 60.1 Å². The molecule has 11 rings (SSSR count). The first kappa shape index (κ1) is 61.9. The smallest absolute Gasteiger partial charge is 0.271 e. The molecular weight excluding hydrogens is 1240 g/mol. The van der Waals surface area contributed by atoms with Gasteiger partial charge < -0.3 is 48.3 Å². The van der Waals surface area contributed by atoms with Crippen LogP contribution in [0.5, 0.6) is 0 Å². The van der Waals surface area contributed by atoms with Gasteiger partial charge in [0.25, 0.3) is 17.7 Å². The number of hydrogen-bond donors (Lipinski definition) is 8. The summed E-state index contributed by atoms with van der Waals surface area (Å²) in [6, 6.07) is 16.7. The average Bonchev–Trinajstić information content (AvgIpc) is 2.02. The van der Waals surface area contributed by atoms with Crippen molar-refractivity contribution < 1.29 is 39.0 Å². The summed E-state index contributed by atoms with van der Waals surface area (Å²) in [5.41, 5.74) is 22.0. The Morgan fingerprint density at radius 3 is 2.02 bits per heavy atom. The number of likely N-dealkylation sites (tertiary alicyclic amines) is 1. The summed E-state index contributed by atoms with van der Waals surface area (Å²) in [7, 11) is 0. The number of benzene rings is 2. The molecule has 0 radical (unpaired) electrons. The maximum absolute atomic E-state index is 15.2. The molecular formula is C60H60N14O8S6. The lowest BCUT2D eigenvalue weighted by molar-refractivity contribution is -0.124. The molecule has 454 valence electrons. The zero-order chi connectivity index (χ0) is 61.9. The number of thiazole rings is 6. The number of nitrogens with one attached hydrogen (secondary N) is 3. The third kappa shape index (κ3) is 14.1. The number of Topliss-reactive ketones (excluding diaryl/α,β-unsaturated/α-hetero) is 1. The van der Waals surface area contributed by atoms with Gasteiger partial charge in [0, 0.05) is 74.6 Å². The van der Waals surface area contributed by atoms with E-state index in [9.17, 15) is 34.2 Å². The number of aryl methyl sites for hydroxylation is 2. The SMILES string of the molecule is Cc1ccc(C[C@@H]2NC(=O)c3csc(n3)[C@H]([C@H](O)c3ccccc3)CC(=O)c3nc(sc3C)[C@H](CC(N)=O)NC(=O)c3csc(n3)-c3ccc(-c4nc(C(N)=O)cs4)nc3-c3csc(n3)-c3csc(n3)[C@H]([C@@H](C)[C@@H](O)CN3CCC(N)CC3)NC2=O)cc1. The van der Waals surface area contributed by atoms with E-state index in [2.05, 4.69) is 25.8 Å². The second kappa shape index (κ2) is 26.9. The van der Waals surface area contributed by atoms with E-state index in [-0.39, 0.29) is 58.1 Å². The van der Waals surface area contributed by atoms with Crippen molar-refractivity contribution in [1.29, 1.82) is 0 Å². The van der Waals surface area contributed by atoms with E-state index in [0.29, 0.717) is 78.4 Å². The number of amides is 5. The summed E-state index contributed by atoms with van der Waals surface area (Å²) in [6.45, 7) is 7.18. The molecule has 9 aromatic rings. The minimum atomic E-state index is -1.29. The average molecular weight is 1300 g/mol. The van der Waals surface area contributed by atoms with Crippen LogP contribution in [0, 0.1) is 19.8 Å². The van der Waals surface area contributed by atoms with E-state index >= 15 is 4.79 Å². The molecule has 28 heteroatoms. The van der Waals surface area contributed by atoms with Gasteiger partial charge in [-0.2, -0.15) is 0 Å². The van der Waals surface area contributed by atoms with Crippen LogP contribution in [0.2, 0.25) is 0 Å². The van der Waals surface area contributed by atoms with Crippen LogP contribution in [-0.4, -0.2) is 123 Å². The van der Waals surface area contributed by atoms with Gasteiger partial charge in [-0.05, 0) is 63.0 Å². The molecule has 2 aliphatic heterocycles. The van der Waals surface area contributed by atoms with Crippen LogP contribution >= 0.6 is 68.0 Å². The first-order chi connectivity index (χ1) is 42.3. The number of aromatic nitrogens is 7. The first-order valence-corrected chi connectivity index (χ1v) is 33.3. The highest BCUT2D eigenvalue weighted by Crippen LogP contribution is 2.41. The summed E-state index contributed by atoms with van der Waals surface area (Å²) in [5, 5.41) is 43.7. The van der Waals surface area contributed by atoms with Gasteiger partial charge in [0.15, 0.2) is 5.78 Å². The fraction of sp³-hybridized carbons (Fsp3) is 0.317. The number of ketones is 1. The molecule has 0 spiro atoms. The van der Waals surface area contributed by atoms with Crippen LogP contribution in [0.15, 0.2) is 93.6 Å². The number of rotatable bonds is 12. The molecule has 0 aliphatic carbocycles. The Morgan fingerprint density at radius 2 is 1.30 bits per heavy atom. The first-order valence-electron chi connectivity index (χ1n) is 28.1. The molecule has 0 unspecified atom stereocenters. The molecule has 2 aliphatic rings. The zero-order valence-corrected chi connectivity index (χ0v) is 52.5. The van der Waals surface area contributed by atoms with E-state index in [0.717, 1.165) is 58.0 Å². The normalized spacial score (nSPS) is 19.2. The van der Waals surface area contributed by atoms with E-state index in [4.69, 9.17) is 47.1 Å². The number of hydrogen-bond acceptors (Lipinski definition) is 23. The van der Waals surface area contributed by atoms with Crippen LogP contribution in [0.25, 0.3) is 43.4 Å². The van der Waals surface area contributed by atoms with Crippen molar-refractivity contribution in [2.45, 2.75) is 95.2 Å². The molecule has 2 aromatic carbocycles. The number of primary amides is 2. The zero-order valence-electron chi connectivity index (χ0n) is 47.6. The molecule has 11 N–H and O–H groups in total. The topological polar surface area (TPSA) is 350 Å². The Labute approximate surface area is 528 Å². The molecule has 10 bridgehead atoms. The third-order valence-electron chi connectivity index (χ3n) is 15.4. The number of nitrogens with zero attached hydrogens (tertiary/aromatic N) is 8. The standard InChI is InChI=1S/C60H60N14O8S6/c1-28-9-11-31(12-10-28)19-37-52(80)72-47(29(2)45(76)22-74-17-15-33(61)16-18-74)60-71-43(27-87-60)58-67-39(23-85-58)49-34(13-14-36(64-49)57-68-40(24-86-57)51(63)79)55-69-42(25-83-55)54(82)66-38(21-46(62)77)59-73-48(30(3)88-59)44(75)20-35(50(78)32-7-5-4-6-8-32)56-70-41(26-84-56)53(81)65-37/h4-14,23-27,29,33,35,37-38,45,47,50,76,78H,15-22,61H2,1-3H3,(H2,62,77)(H2,63,79)(H,65,81)(H,66,82)(H,72,80)/t29-,35-,37-,38-,45-,47-,50+/m0/s1. The van der Waals surface area contributed by atoms with Gasteiger partial charge in [-0.15, -0.1) is 68.0 Å². The Balaban J connectivity index is 1.02. The lowest BCUT2D eigenvalue weighted by Gasteiger charge is -2.35. The Morgan fingerprint density at radius 1 is 0.659 bits per heavy atom. The van der Waals surface area contributed by atoms with Crippen molar-refractivity contribution in [3.63, 3.8) is 0 Å². The summed E-state index contributed by atoms with van der Waals surface area (Å²) in [6.07, 6.45) is -1.32. The molecule has 9 heterocycles. The Kier molecular flexibility index (Phi) is 18.9. The Hall–Kier alpha value is -7.77. The lowest BCUT2D eigenvalue weighted by atomic mass is 9.90. The van der Waals surface area contributed by atoms with Crippen molar-refractivity contribution in [2.75, 3.05) is 19.6 Å². The minimum Gasteiger partial charge on any atom is -0.391 e. The highest BCUT2D eigenvalue weighted by Gasteiger charge is 2.37. The van der Waals surface area contributed by atoms with Crippen LogP contribution < -0.4 is 33.2 Å². The molecule has 7 aromatic heterocycles. The summed E-state index contributed by atoms with van der Waals surface area (Å²) in [4.78, 5) is 120. The molecule has 1 saturated heterocycles. The predicted molar refractivity (Wildman–Crippen MR) is 339 cm³/mol. The van der Waals surface area contributed by atoms with E-state index in [1.807, 2.05) is 43.5 Å². The van der Waals surface area contributed by atoms with Crippen LogP contribution in [0.4, 0.5) is 0 Å². The van der Waals surface area contributed by atoms with Gasteiger partial charge in [0.05, 0.1) is 41.4 Å². The van der Waals surface area contributed by atoms with Crippen LogP contribution in [0.3, 0.4) is 0 Å². The molecule has 5 amide bonds. The van der Waals surface area contributed by atoms with Gasteiger partial charge in [-0.1, -0.05) is 67.1 Å². The fourth-order valence-corrected chi connectivity index (χ4v) is 15.7. The van der Waals surface area contributed by atoms with Crippen molar-refractivity contribution >= 4 is 103 Å². The van der Waals surface area contributed by atoms with Gasteiger partial charge in [-0.3, -0.25) is 28.8 Å². The van der Waals surface area contributed by atoms with Gasteiger partial charge in [-0.25, -0.2) is 34.9 Å². The monoisotopic (exact) mass is 1300 g/mol. The maximum Gasteiger partial charge on any atom is 0.271 e. The minimum absolute atomic E-state index is 0.00476. The lowest BCUT2D eigenvalue weighted by Crippen LogP contribution is -2.51. The number of β-amino-alcohol motifs (C(OH)–C–C–N with tert-alkyl or cyclic N) is 1. The van der Waals surface area contributed by atoms with Crippen LogP contribution in [0.1, 0.15) is 135 Å². The van der Waals surface area contributed by atoms with Crippen molar-refractivity contribution in [3.05, 3.63) is 153 Å². The number of carbonyl (C=O) groups excluding carboxylic acids is 6. The van der Waals surface area contributed by atoms with Gasteiger partial charge in [0.2, 0.25) is 11.8 Å². The molecule has 0 saturated carbocycles. The summed E-state index contributed by atoms with van der Waals surface area (Å²) >= 11 is 7.06. The highest BCUT2D eigenvalue weighted by atomic mass is 32.1. The summed E-state index contributed by atoms with van der Waals surface area (Å²) < 4.78 is 0. The van der Waals surface area contributed by atoms with Gasteiger partial charge >= 0.3 is 0 Å². The number of carbonyl (C=O) groups is 6. The number of pyridine rings is 1. The number of aliphatic hydroxyl groups excluding tert-OH is 2. The highest BCUT2D eigenvalue weighted by molar-refractivity contribution is 7.15. The predicted octanol–water partition coefficient (Wildman–Crippen LogP) is 7.57. The largest absolute Gasteiger partial charge is 0.391 e. The molecule has 7 atom stereocenters. The van der Waals surface area contributed by atoms with Crippen molar-refractivity contribution in [1.82, 2.24) is 55.7 Å². The number of aliphatic hydroxyl groups is 2. The molecule has 1 fully saturated rings. The second-order valence-corrected chi connectivity index (χ2v) is 27.3. The van der Waals surface area contributed by atoms with Crippen molar-refractivity contribution in [2.24, 2.45) is 23.1 Å². The van der Waals surface area contributed by atoms with Crippen molar-refractivity contribution in [3.8, 4) is 43.4 Å². The fourth-order valence-electron chi connectivity index (χ4n) is 10.4. The second-order valence-electron chi connectivity index (χ2n) is 21.7. The summed E-state index contributed by atoms with van der Waals surface area (Å²) in [5.74, 6) is -5.48. The molecule has 88 heavy (non-hydrogen) atoms. The van der Waals surface area contributed by atoms with E-state index < -0.39 is 77.5 Å².